The fourth-order valence-electron chi connectivity index (χ4n) is 1.37. The molecule has 2 rings (SSSR count). The van der Waals surface area contributed by atoms with Crippen molar-refractivity contribution in [2.45, 2.75) is 0 Å². The maximum absolute atomic E-state index is 13.5. The van der Waals surface area contributed by atoms with Gasteiger partial charge in [0, 0.05) is 11.6 Å². The van der Waals surface area contributed by atoms with Gasteiger partial charge in [0.05, 0.1) is 17.3 Å². The van der Waals surface area contributed by atoms with Crippen LogP contribution in [-0.4, -0.2) is 16.2 Å². The van der Waals surface area contributed by atoms with Gasteiger partial charge in [-0.1, -0.05) is 5.16 Å². The first-order valence-electron chi connectivity index (χ1n) is 4.43. The number of hydrogen-bond donors (Lipinski definition) is 2. The van der Waals surface area contributed by atoms with E-state index in [9.17, 15) is 13.6 Å². The van der Waals surface area contributed by atoms with E-state index in [1.54, 1.807) is 0 Å². The van der Waals surface area contributed by atoms with Crippen LogP contribution >= 0.6 is 0 Å². The Kier molecular flexibility index (Phi) is 2.51. The molecule has 0 saturated carbocycles. The second kappa shape index (κ2) is 3.85. The first kappa shape index (κ1) is 11.1. The molecule has 3 N–H and O–H groups in total. The molecule has 0 atom stereocenters. The highest BCUT2D eigenvalue weighted by molar-refractivity contribution is 5.90. The van der Waals surface area contributed by atoms with Gasteiger partial charge in [-0.3, -0.25) is 0 Å². The molecule has 88 valence electrons. The number of nitrogens with two attached hydrogens (primary N) is 1. The zero-order valence-corrected chi connectivity index (χ0v) is 8.28. The van der Waals surface area contributed by atoms with E-state index in [4.69, 9.17) is 10.8 Å². The summed E-state index contributed by atoms with van der Waals surface area (Å²) in [6.07, 6.45) is 1.12. The highest BCUT2D eigenvalue weighted by Crippen LogP contribution is 2.29. The number of halogens is 2. The lowest BCUT2D eigenvalue weighted by molar-refractivity contribution is 0.0692. The molecule has 0 radical (unpaired) electrons. The summed E-state index contributed by atoms with van der Waals surface area (Å²) >= 11 is 0. The van der Waals surface area contributed by atoms with Crippen LogP contribution in [0, 0.1) is 11.6 Å². The predicted octanol–water partition coefficient (Wildman–Crippen LogP) is 1.90. The van der Waals surface area contributed by atoms with E-state index in [0.29, 0.717) is 6.07 Å². The van der Waals surface area contributed by atoms with Crippen molar-refractivity contribution in [2.75, 3.05) is 5.73 Å². The molecule has 0 amide bonds. The summed E-state index contributed by atoms with van der Waals surface area (Å²) in [6, 6.07) is 1.32. The van der Waals surface area contributed by atoms with Crippen LogP contribution in [0.3, 0.4) is 0 Å². The van der Waals surface area contributed by atoms with E-state index in [0.717, 1.165) is 12.3 Å². The molecule has 1 aromatic heterocycles. The van der Waals surface area contributed by atoms with Crippen LogP contribution in [0.15, 0.2) is 22.9 Å². The highest BCUT2D eigenvalue weighted by Gasteiger charge is 2.19. The van der Waals surface area contributed by atoms with Gasteiger partial charge in [-0.2, -0.15) is 0 Å². The van der Waals surface area contributed by atoms with Crippen molar-refractivity contribution in [3.8, 4) is 11.1 Å². The molecule has 17 heavy (non-hydrogen) atoms. The van der Waals surface area contributed by atoms with Crippen LogP contribution in [0.4, 0.5) is 14.7 Å². The summed E-state index contributed by atoms with van der Waals surface area (Å²) < 4.78 is 31.1. The second-order valence-corrected chi connectivity index (χ2v) is 3.22. The Bertz CT molecular complexity index is 595. The Balaban J connectivity index is 2.67. The number of hydrogen-bond acceptors (Lipinski definition) is 4. The molecule has 0 aliphatic heterocycles. The normalized spacial score (nSPS) is 10.5. The molecule has 0 unspecified atom stereocenters. The van der Waals surface area contributed by atoms with Gasteiger partial charge < -0.3 is 15.4 Å². The summed E-state index contributed by atoms with van der Waals surface area (Å²) in [5, 5.41) is 12.0. The van der Waals surface area contributed by atoms with E-state index in [1.807, 2.05) is 0 Å². The number of carboxylic acid groups (broad SMARTS) is 1. The molecule has 0 saturated heterocycles. The van der Waals surface area contributed by atoms with Crippen molar-refractivity contribution in [1.82, 2.24) is 5.16 Å². The molecule has 5 nitrogen and oxygen atoms in total. The Labute approximate surface area is 93.4 Å². The van der Waals surface area contributed by atoms with Gasteiger partial charge in [0.2, 0.25) is 5.88 Å². The molecule has 1 heterocycles. The Morgan fingerprint density at radius 1 is 1.29 bits per heavy atom. The Morgan fingerprint density at radius 3 is 2.53 bits per heavy atom. The molecule has 2 aromatic rings. The minimum Gasteiger partial charge on any atom is -0.478 e. The average molecular weight is 240 g/mol. The summed E-state index contributed by atoms with van der Waals surface area (Å²) in [5.41, 5.74) is 4.61. The largest absolute Gasteiger partial charge is 0.478 e. The smallest absolute Gasteiger partial charge is 0.338 e. The van der Waals surface area contributed by atoms with E-state index in [1.165, 1.54) is 0 Å². The summed E-state index contributed by atoms with van der Waals surface area (Å²) in [4.78, 5) is 10.7. The number of aromatic nitrogens is 1. The van der Waals surface area contributed by atoms with Crippen LogP contribution in [0.5, 0.6) is 0 Å². The average Bonchev–Trinajstić information content (AvgIpc) is 2.64. The third-order valence-corrected chi connectivity index (χ3v) is 2.18. The van der Waals surface area contributed by atoms with Crippen LogP contribution in [0.1, 0.15) is 10.4 Å². The quantitative estimate of drug-likeness (QED) is 0.836. The number of carbonyl (C=O) groups is 1. The van der Waals surface area contributed by atoms with E-state index in [2.05, 4.69) is 9.68 Å². The van der Waals surface area contributed by atoms with Gasteiger partial charge in [-0.25, -0.2) is 13.6 Å². The van der Waals surface area contributed by atoms with E-state index < -0.39 is 23.2 Å². The maximum atomic E-state index is 13.5. The minimum atomic E-state index is -1.50. The van der Waals surface area contributed by atoms with Gasteiger partial charge in [-0.15, -0.1) is 0 Å². The molecular formula is C10H6F2N2O3. The molecular weight excluding hydrogens is 234 g/mol. The molecule has 0 spiro atoms. The number of benzene rings is 1. The summed E-state index contributed by atoms with van der Waals surface area (Å²) in [7, 11) is 0. The second-order valence-electron chi connectivity index (χ2n) is 3.22. The van der Waals surface area contributed by atoms with Crippen molar-refractivity contribution in [3.05, 3.63) is 35.5 Å². The van der Waals surface area contributed by atoms with Crippen LogP contribution in [-0.2, 0) is 0 Å². The van der Waals surface area contributed by atoms with Crippen molar-refractivity contribution in [3.63, 3.8) is 0 Å². The lowest BCUT2D eigenvalue weighted by Crippen LogP contribution is -2.02. The van der Waals surface area contributed by atoms with Gasteiger partial charge in [0.25, 0.3) is 0 Å². The topological polar surface area (TPSA) is 89.4 Å². The van der Waals surface area contributed by atoms with Crippen LogP contribution in [0.2, 0.25) is 0 Å². The maximum Gasteiger partial charge on any atom is 0.338 e. The third-order valence-electron chi connectivity index (χ3n) is 2.18. The van der Waals surface area contributed by atoms with E-state index in [-0.39, 0.29) is 17.0 Å². The van der Waals surface area contributed by atoms with Crippen molar-refractivity contribution in [2.24, 2.45) is 0 Å². The first-order valence-corrected chi connectivity index (χ1v) is 4.43. The molecule has 0 fully saturated rings. The monoisotopic (exact) mass is 240 g/mol. The molecule has 0 bridgehead atoms. The van der Waals surface area contributed by atoms with Crippen molar-refractivity contribution in [1.29, 1.82) is 0 Å². The Morgan fingerprint density at radius 2 is 2.00 bits per heavy atom. The zero-order chi connectivity index (χ0) is 12.6. The summed E-state index contributed by atoms with van der Waals surface area (Å²) in [5.74, 6) is -3.78. The van der Waals surface area contributed by atoms with Crippen molar-refractivity contribution < 1.29 is 23.2 Å². The number of anilines is 1. The number of rotatable bonds is 2. The Hall–Kier alpha value is -2.44. The van der Waals surface area contributed by atoms with Gasteiger partial charge in [0.1, 0.15) is 11.6 Å². The van der Waals surface area contributed by atoms with Gasteiger partial charge in [0.15, 0.2) is 0 Å². The fraction of sp³-hybridized carbons (Fsp3) is 0. The summed E-state index contributed by atoms with van der Waals surface area (Å²) in [6.45, 7) is 0. The number of aromatic carboxylic acids is 1. The molecule has 1 aromatic carbocycles. The van der Waals surface area contributed by atoms with Crippen LogP contribution < -0.4 is 5.73 Å². The van der Waals surface area contributed by atoms with Crippen LogP contribution in [0.25, 0.3) is 11.1 Å². The minimum absolute atomic E-state index is 0.0741. The van der Waals surface area contributed by atoms with Gasteiger partial charge >= 0.3 is 5.97 Å². The standard InChI is InChI=1S/C10H6F2N2O3/c11-7-2-8(12)5(10(15)16)1-4(7)6-3-14-17-9(6)13/h1-3H,13H2,(H,15,16). The SMILES string of the molecule is Nc1oncc1-c1cc(C(=O)O)c(F)cc1F. The predicted molar refractivity (Wildman–Crippen MR) is 53.2 cm³/mol. The molecule has 0 aliphatic carbocycles. The first-order chi connectivity index (χ1) is 8.00. The third kappa shape index (κ3) is 1.82. The highest BCUT2D eigenvalue weighted by atomic mass is 19.1. The lowest BCUT2D eigenvalue weighted by atomic mass is 10.0. The lowest BCUT2D eigenvalue weighted by Gasteiger charge is -2.03. The number of nitrogens with zero attached hydrogens (tertiary/aromatic N) is 1. The van der Waals surface area contributed by atoms with Crippen molar-refractivity contribution >= 4 is 11.9 Å². The fourth-order valence-corrected chi connectivity index (χ4v) is 1.37. The molecule has 7 heteroatoms. The van der Waals surface area contributed by atoms with E-state index >= 15 is 0 Å². The number of carboxylic acids is 1. The molecule has 0 aliphatic rings. The van der Waals surface area contributed by atoms with Gasteiger partial charge in [-0.05, 0) is 6.07 Å². The zero-order valence-electron chi connectivity index (χ0n) is 8.28. The number of nitrogen functional groups attached to an aromatic ring is 1.